The van der Waals surface area contributed by atoms with Crippen molar-refractivity contribution in [3.8, 4) is 5.75 Å². The lowest BCUT2D eigenvalue weighted by Crippen LogP contribution is -2.07. The van der Waals surface area contributed by atoms with Crippen molar-refractivity contribution in [2.75, 3.05) is 19.0 Å². The van der Waals surface area contributed by atoms with E-state index in [9.17, 15) is 0 Å². The Morgan fingerprint density at radius 2 is 2.07 bits per heavy atom. The van der Waals surface area contributed by atoms with Crippen molar-refractivity contribution in [3.63, 3.8) is 0 Å². The lowest BCUT2D eigenvalue weighted by atomic mass is 10.3. The average molecular weight is 212 g/mol. The highest BCUT2D eigenvalue weighted by Gasteiger charge is 1.99. The first-order chi connectivity index (χ1) is 6.83. The second-order valence-electron chi connectivity index (χ2n) is 3.03. The van der Waals surface area contributed by atoms with Crippen LogP contribution in [0.2, 0.25) is 0 Å². The molecule has 1 rings (SSSR count). The molecule has 78 valence electrons. The second kappa shape index (κ2) is 6.74. The summed E-state index contributed by atoms with van der Waals surface area (Å²) in [6.07, 6.45) is 0. The third-order valence-electron chi connectivity index (χ3n) is 1.75. The van der Waals surface area contributed by atoms with E-state index in [1.807, 2.05) is 37.3 Å². The summed E-state index contributed by atoms with van der Waals surface area (Å²) in [7, 11) is 0. The second-order valence-corrected chi connectivity index (χ2v) is 4.57. The number of benzene rings is 1. The molecule has 0 aromatic heterocycles. The molecule has 1 atom stereocenters. The van der Waals surface area contributed by atoms with E-state index in [0.29, 0.717) is 11.9 Å². The number of para-hydroxylation sites is 1. The van der Waals surface area contributed by atoms with Crippen LogP contribution in [0.4, 0.5) is 0 Å². The summed E-state index contributed by atoms with van der Waals surface area (Å²) in [4.78, 5) is 0. The summed E-state index contributed by atoms with van der Waals surface area (Å²) in [6, 6.07) is 9.77. The summed E-state index contributed by atoms with van der Waals surface area (Å²) >= 11 is 1.72. The minimum absolute atomic E-state index is 0.232. The van der Waals surface area contributed by atoms with E-state index in [4.69, 9.17) is 9.84 Å². The van der Waals surface area contributed by atoms with Crippen LogP contribution in [-0.2, 0) is 0 Å². The SMILES string of the molecule is CC(CO)SCCOc1ccccc1. The number of rotatable bonds is 6. The van der Waals surface area contributed by atoms with Gasteiger partial charge in [0.2, 0.25) is 0 Å². The van der Waals surface area contributed by atoms with Crippen LogP contribution in [0, 0.1) is 0 Å². The molecule has 1 aromatic carbocycles. The van der Waals surface area contributed by atoms with Crippen LogP contribution in [0.15, 0.2) is 30.3 Å². The monoisotopic (exact) mass is 212 g/mol. The summed E-state index contributed by atoms with van der Waals surface area (Å²) in [5, 5.41) is 9.09. The van der Waals surface area contributed by atoms with Crippen molar-refractivity contribution >= 4 is 11.8 Å². The van der Waals surface area contributed by atoms with Crippen molar-refractivity contribution in [3.05, 3.63) is 30.3 Å². The van der Waals surface area contributed by atoms with Crippen molar-refractivity contribution in [2.24, 2.45) is 0 Å². The number of aliphatic hydroxyl groups is 1. The minimum atomic E-state index is 0.232. The van der Waals surface area contributed by atoms with Gasteiger partial charge in [0.05, 0.1) is 13.2 Å². The van der Waals surface area contributed by atoms with Gasteiger partial charge in [-0.05, 0) is 12.1 Å². The molecule has 2 nitrogen and oxygen atoms in total. The Bertz CT molecular complexity index is 238. The standard InChI is InChI=1S/C11H16O2S/c1-10(9-12)14-8-7-13-11-5-3-2-4-6-11/h2-6,10,12H,7-9H2,1H3. The molecular formula is C11H16O2S. The molecule has 0 aliphatic carbocycles. The Hall–Kier alpha value is -0.670. The first-order valence-corrected chi connectivity index (χ1v) is 5.78. The molecule has 0 aliphatic heterocycles. The maximum absolute atomic E-state index is 8.79. The van der Waals surface area contributed by atoms with E-state index in [1.165, 1.54) is 0 Å². The molecule has 3 heteroatoms. The predicted octanol–water partition coefficient (Wildman–Crippen LogP) is 2.18. The molecule has 1 aromatic rings. The summed E-state index contributed by atoms with van der Waals surface area (Å²) in [6.45, 7) is 2.93. The molecule has 14 heavy (non-hydrogen) atoms. The Labute approximate surface area is 89.3 Å². The smallest absolute Gasteiger partial charge is 0.119 e. The highest BCUT2D eigenvalue weighted by molar-refractivity contribution is 7.99. The fourth-order valence-corrected chi connectivity index (χ4v) is 1.67. The lowest BCUT2D eigenvalue weighted by Gasteiger charge is -2.08. The van der Waals surface area contributed by atoms with Crippen LogP contribution in [-0.4, -0.2) is 29.3 Å². The molecule has 0 spiro atoms. The van der Waals surface area contributed by atoms with E-state index >= 15 is 0 Å². The Balaban J connectivity index is 2.10. The zero-order valence-electron chi connectivity index (χ0n) is 8.35. The minimum Gasteiger partial charge on any atom is -0.493 e. The molecule has 0 radical (unpaired) electrons. The molecule has 0 amide bonds. The molecule has 0 saturated heterocycles. The summed E-state index contributed by atoms with van der Waals surface area (Å²) < 4.78 is 5.50. The van der Waals surface area contributed by atoms with E-state index in [-0.39, 0.29) is 6.61 Å². The zero-order chi connectivity index (χ0) is 10.2. The number of hydrogen-bond acceptors (Lipinski definition) is 3. The van der Waals surface area contributed by atoms with Crippen LogP contribution in [0.1, 0.15) is 6.92 Å². The molecule has 0 aliphatic rings. The van der Waals surface area contributed by atoms with Gasteiger partial charge in [0, 0.05) is 11.0 Å². The van der Waals surface area contributed by atoms with Gasteiger partial charge in [-0.15, -0.1) is 0 Å². The Kier molecular flexibility index (Phi) is 5.49. The lowest BCUT2D eigenvalue weighted by molar-refractivity contribution is 0.299. The quantitative estimate of drug-likeness (QED) is 0.733. The highest BCUT2D eigenvalue weighted by Crippen LogP contribution is 2.11. The van der Waals surface area contributed by atoms with Gasteiger partial charge in [-0.2, -0.15) is 11.8 Å². The van der Waals surface area contributed by atoms with Crippen molar-refractivity contribution in [1.29, 1.82) is 0 Å². The Morgan fingerprint density at radius 3 is 2.71 bits per heavy atom. The number of ether oxygens (including phenoxy) is 1. The average Bonchev–Trinajstić information content (AvgIpc) is 2.25. The van der Waals surface area contributed by atoms with Gasteiger partial charge in [0.25, 0.3) is 0 Å². The normalized spacial score (nSPS) is 12.4. The van der Waals surface area contributed by atoms with E-state index in [1.54, 1.807) is 11.8 Å². The molecule has 1 unspecified atom stereocenters. The topological polar surface area (TPSA) is 29.5 Å². The van der Waals surface area contributed by atoms with Gasteiger partial charge in [-0.3, -0.25) is 0 Å². The van der Waals surface area contributed by atoms with Crippen molar-refractivity contribution in [2.45, 2.75) is 12.2 Å². The van der Waals surface area contributed by atoms with Crippen LogP contribution < -0.4 is 4.74 Å². The predicted molar refractivity (Wildman–Crippen MR) is 60.9 cm³/mol. The van der Waals surface area contributed by atoms with E-state index in [2.05, 4.69) is 0 Å². The van der Waals surface area contributed by atoms with Gasteiger partial charge in [0.15, 0.2) is 0 Å². The zero-order valence-corrected chi connectivity index (χ0v) is 9.17. The molecular weight excluding hydrogens is 196 g/mol. The summed E-state index contributed by atoms with van der Waals surface area (Å²) in [5.41, 5.74) is 0. The maximum Gasteiger partial charge on any atom is 0.119 e. The molecule has 0 heterocycles. The van der Waals surface area contributed by atoms with Crippen LogP contribution in [0.5, 0.6) is 5.75 Å². The van der Waals surface area contributed by atoms with Crippen molar-refractivity contribution < 1.29 is 9.84 Å². The van der Waals surface area contributed by atoms with Gasteiger partial charge in [-0.1, -0.05) is 25.1 Å². The first-order valence-electron chi connectivity index (χ1n) is 4.73. The number of aliphatic hydroxyl groups excluding tert-OH is 1. The van der Waals surface area contributed by atoms with Crippen LogP contribution >= 0.6 is 11.8 Å². The van der Waals surface area contributed by atoms with E-state index < -0.39 is 0 Å². The Morgan fingerprint density at radius 1 is 1.36 bits per heavy atom. The molecule has 0 fully saturated rings. The first kappa shape index (κ1) is 11.4. The number of hydrogen-bond donors (Lipinski definition) is 1. The van der Waals surface area contributed by atoms with E-state index in [0.717, 1.165) is 11.5 Å². The van der Waals surface area contributed by atoms with Gasteiger partial charge in [0.1, 0.15) is 5.75 Å². The largest absolute Gasteiger partial charge is 0.493 e. The molecule has 1 N–H and O–H groups in total. The maximum atomic E-state index is 8.79. The van der Waals surface area contributed by atoms with Gasteiger partial charge < -0.3 is 9.84 Å². The summed E-state index contributed by atoms with van der Waals surface area (Å²) in [5.74, 6) is 1.82. The third-order valence-corrected chi connectivity index (χ3v) is 2.88. The molecule has 0 saturated carbocycles. The van der Waals surface area contributed by atoms with Crippen molar-refractivity contribution in [1.82, 2.24) is 0 Å². The molecule has 0 bridgehead atoms. The highest BCUT2D eigenvalue weighted by atomic mass is 32.2. The van der Waals surface area contributed by atoms with Crippen LogP contribution in [0.3, 0.4) is 0 Å². The number of thioether (sulfide) groups is 1. The van der Waals surface area contributed by atoms with Gasteiger partial charge >= 0.3 is 0 Å². The fourth-order valence-electron chi connectivity index (χ4n) is 0.978. The van der Waals surface area contributed by atoms with Gasteiger partial charge in [-0.25, -0.2) is 0 Å². The fraction of sp³-hybridized carbons (Fsp3) is 0.455. The van der Waals surface area contributed by atoms with Crippen LogP contribution in [0.25, 0.3) is 0 Å². The third kappa shape index (κ3) is 4.53.